The van der Waals surface area contributed by atoms with Crippen LogP contribution < -0.4 is 4.74 Å². The number of likely N-dealkylation sites (tertiary alicyclic amines) is 1. The van der Waals surface area contributed by atoms with Crippen LogP contribution in [0.3, 0.4) is 0 Å². The highest BCUT2D eigenvalue weighted by Gasteiger charge is 2.48. The highest BCUT2D eigenvalue weighted by atomic mass is 16.5. The molecule has 34 heavy (non-hydrogen) atoms. The summed E-state index contributed by atoms with van der Waals surface area (Å²) < 4.78 is 5.28. The maximum atomic E-state index is 13.4. The van der Waals surface area contributed by atoms with Crippen LogP contribution in [0, 0.1) is 31.1 Å². The molecule has 6 heteroatoms. The average molecular weight is 459 g/mol. The van der Waals surface area contributed by atoms with Gasteiger partial charge >= 0.3 is 0 Å². The molecule has 6 nitrogen and oxygen atoms in total. The summed E-state index contributed by atoms with van der Waals surface area (Å²) in [5.74, 6) is 5.58. The van der Waals surface area contributed by atoms with Crippen LogP contribution in [0.1, 0.15) is 71.1 Å². The van der Waals surface area contributed by atoms with Gasteiger partial charge in [0.1, 0.15) is 23.2 Å². The fourth-order valence-electron chi connectivity index (χ4n) is 5.58. The van der Waals surface area contributed by atoms with E-state index in [1.54, 1.807) is 24.1 Å². The second kappa shape index (κ2) is 9.42. The Kier molecular flexibility index (Phi) is 6.56. The molecule has 1 aliphatic carbocycles. The van der Waals surface area contributed by atoms with Crippen LogP contribution in [-0.4, -0.2) is 47.6 Å². The molecule has 1 amide bonds. The van der Waals surface area contributed by atoms with Crippen molar-refractivity contribution in [2.45, 2.75) is 52.4 Å². The molecule has 4 rings (SSSR count). The van der Waals surface area contributed by atoms with E-state index in [1.807, 2.05) is 26.0 Å². The quantitative estimate of drug-likeness (QED) is 0.513. The van der Waals surface area contributed by atoms with Crippen molar-refractivity contribution in [2.24, 2.45) is 5.41 Å². The largest absolute Gasteiger partial charge is 0.494 e. The molecule has 2 fully saturated rings. The number of aryl methyl sites for hydroxylation is 2. The number of carbonyl (C=O) groups is 3. The highest BCUT2D eigenvalue weighted by molar-refractivity contribution is 6.10. The number of carbonyl (C=O) groups excluding carboxylic acids is 3. The normalized spacial score (nSPS) is 17.9. The van der Waals surface area contributed by atoms with Gasteiger partial charge in [0.15, 0.2) is 0 Å². The molecular formula is C28H30N2O4. The number of hydrogen-bond donors (Lipinski definition) is 0. The van der Waals surface area contributed by atoms with Crippen LogP contribution >= 0.6 is 0 Å². The SMILES string of the molecule is CC#Cc1cc(C)c(C2C(=O)CC3(CCN(C(=O)c4ccncc4OC)CC3)CC2=O)c(C)c1. The summed E-state index contributed by atoms with van der Waals surface area (Å²) in [6, 6.07) is 5.58. The number of ketones is 2. The van der Waals surface area contributed by atoms with Crippen molar-refractivity contribution in [3.05, 3.63) is 58.4 Å². The molecule has 1 saturated carbocycles. The van der Waals surface area contributed by atoms with E-state index >= 15 is 0 Å². The minimum absolute atomic E-state index is 0.00708. The van der Waals surface area contributed by atoms with E-state index in [4.69, 9.17) is 4.74 Å². The van der Waals surface area contributed by atoms with Gasteiger partial charge in [-0.05, 0) is 73.9 Å². The monoisotopic (exact) mass is 458 g/mol. The van der Waals surface area contributed by atoms with E-state index in [9.17, 15) is 14.4 Å². The molecular weight excluding hydrogens is 428 g/mol. The van der Waals surface area contributed by atoms with Crippen molar-refractivity contribution in [3.8, 4) is 17.6 Å². The Morgan fingerprint density at radius 1 is 1.12 bits per heavy atom. The first kappa shape index (κ1) is 23.7. The van der Waals surface area contributed by atoms with Crippen molar-refractivity contribution >= 4 is 17.5 Å². The van der Waals surface area contributed by atoms with Crippen LogP contribution in [0.5, 0.6) is 5.75 Å². The van der Waals surface area contributed by atoms with Gasteiger partial charge in [-0.1, -0.05) is 5.92 Å². The summed E-state index contributed by atoms with van der Waals surface area (Å²) in [7, 11) is 1.52. The van der Waals surface area contributed by atoms with Gasteiger partial charge in [0.2, 0.25) is 0 Å². The zero-order valence-electron chi connectivity index (χ0n) is 20.2. The Morgan fingerprint density at radius 2 is 1.74 bits per heavy atom. The second-order valence-electron chi connectivity index (χ2n) is 9.49. The molecule has 0 bridgehead atoms. The third-order valence-electron chi connectivity index (χ3n) is 7.24. The number of rotatable bonds is 3. The van der Waals surface area contributed by atoms with Gasteiger partial charge in [-0.2, -0.15) is 0 Å². The predicted octanol–water partition coefficient (Wildman–Crippen LogP) is 4.02. The van der Waals surface area contributed by atoms with E-state index < -0.39 is 5.92 Å². The minimum atomic E-state index is -0.699. The second-order valence-corrected chi connectivity index (χ2v) is 9.49. The van der Waals surface area contributed by atoms with Crippen molar-refractivity contribution < 1.29 is 19.1 Å². The molecule has 1 aromatic carbocycles. The third-order valence-corrected chi connectivity index (χ3v) is 7.24. The summed E-state index contributed by atoms with van der Waals surface area (Å²) in [5, 5.41) is 0. The lowest BCUT2D eigenvalue weighted by atomic mass is 9.62. The van der Waals surface area contributed by atoms with E-state index in [0.29, 0.717) is 50.1 Å². The number of pyridine rings is 1. The molecule has 0 atom stereocenters. The van der Waals surface area contributed by atoms with E-state index in [0.717, 1.165) is 22.3 Å². The van der Waals surface area contributed by atoms with Crippen LogP contribution in [0.2, 0.25) is 0 Å². The Labute approximate surface area is 200 Å². The molecule has 1 aliphatic heterocycles. The van der Waals surface area contributed by atoms with Gasteiger partial charge in [-0.3, -0.25) is 19.4 Å². The van der Waals surface area contributed by atoms with Crippen molar-refractivity contribution in [3.63, 3.8) is 0 Å². The average Bonchev–Trinajstić information content (AvgIpc) is 2.80. The number of ether oxygens (including phenoxy) is 1. The molecule has 2 heterocycles. The fourth-order valence-corrected chi connectivity index (χ4v) is 5.58. The van der Waals surface area contributed by atoms with Crippen molar-refractivity contribution in [1.82, 2.24) is 9.88 Å². The standard InChI is InChI=1S/C28H30N2O4/c1-5-6-20-13-18(2)25(19(3)14-20)26-22(31)15-28(16-23(26)32)8-11-30(12-9-28)27(33)21-7-10-29-17-24(21)34-4/h7,10,13-14,17,26H,8-9,11-12,15-16H2,1-4H3. The summed E-state index contributed by atoms with van der Waals surface area (Å²) >= 11 is 0. The number of benzene rings is 1. The lowest BCUT2D eigenvalue weighted by Crippen LogP contribution is -2.48. The molecule has 0 radical (unpaired) electrons. The van der Waals surface area contributed by atoms with E-state index in [2.05, 4.69) is 16.8 Å². The molecule has 1 saturated heterocycles. The summed E-state index contributed by atoms with van der Waals surface area (Å²) in [6.45, 7) is 6.71. The molecule has 1 aromatic heterocycles. The first-order valence-electron chi connectivity index (χ1n) is 11.6. The molecule has 2 aliphatic rings. The van der Waals surface area contributed by atoms with Gasteiger partial charge in [0, 0.05) is 37.7 Å². The Bertz CT molecular complexity index is 1170. The zero-order chi connectivity index (χ0) is 24.5. The van der Waals surface area contributed by atoms with Gasteiger partial charge in [-0.25, -0.2) is 0 Å². The first-order chi connectivity index (χ1) is 16.3. The number of Topliss-reactive ketones (excluding diaryl/α,β-unsaturated/α-hetero) is 2. The summed E-state index contributed by atoms with van der Waals surface area (Å²) in [6.07, 6.45) is 5.13. The Morgan fingerprint density at radius 3 is 2.29 bits per heavy atom. The van der Waals surface area contributed by atoms with Gasteiger partial charge in [-0.15, -0.1) is 5.92 Å². The van der Waals surface area contributed by atoms with Crippen LogP contribution in [-0.2, 0) is 9.59 Å². The zero-order valence-corrected chi connectivity index (χ0v) is 20.2. The maximum Gasteiger partial charge on any atom is 0.257 e. The number of nitrogens with zero attached hydrogens (tertiary/aromatic N) is 2. The number of hydrogen-bond acceptors (Lipinski definition) is 5. The number of amides is 1. The lowest BCUT2D eigenvalue weighted by molar-refractivity contribution is -0.138. The molecule has 1 spiro atoms. The molecule has 2 aromatic rings. The molecule has 176 valence electrons. The number of aromatic nitrogens is 1. The molecule has 0 unspecified atom stereocenters. The predicted molar refractivity (Wildman–Crippen MR) is 129 cm³/mol. The third kappa shape index (κ3) is 4.35. The Hall–Kier alpha value is -3.46. The van der Waals surface area contributed by atoms with Crippen LogP contribution in [0.4, 0.5) is 0 Å². The van der Waals surface area contributed by atoms with Crippen LogP contribution in [0.25, 0.3) is 0 Å². The fraction of sp³-hybridized carbons (Fsp3) is 0.429. The topological polar surface area (TPSA) is 76.6 Å². The Balaban J connectivity index is 1.49. The lowest BCUT2D eigenvalue weighted by Gasteiger charge is -2.44. The number of methoxy groups -OCH3 is 1. The maximum absolute atomic E-state index is 13.4. The van der Waals surface area contributed by atoms with Gasteiger partial charge < -0.3 is 9.64 Å². The van der Waals surface area contributed by atoms with Crippen molar-refractivity contribution in [1.29, 1.82) is 0 Å². The number of piperidine rings is 1. The summed E-state index contributed by atoms with van der Waals surface area (Å²) in [5.41, 5.74) is 3.73. The minimum Gasteiger partial charge on any atom is -0.494 e. The molecule has 0 N–H and O–H groups in total. The smallest absolute Gasteiger partial charge is 0.257 e. The highest BCUT2D eigenvalue weighted by Crippen LogP contribution is 2.47. The van der Waals surface area contributed by atoms with E-state index in [-0.39, 0.29) is 22.9 Å². The van der Waals surface area contributed by atoms with E-state index in [1.165, 1.54) is 13.3 Å². The van der Waals surface area contributed by atoms with Crippen molar-refractivity contribution in [2.75, 3.05) is 20.2 Å². The van der Waals surface area contributed by atoms with Gasteiger partial charge in [0.05, 0.1) is 18.9 Å². The van der Waals surface area contributed by atoms with Gasteiger partial charge in [0.25, 0.3) is 5.91 Å². The summed E-state index contributed by atoms with van der Waals surface area (Å²) in [4.78, 5) is 45.6. The van der Waals surface area contributed by atoms with Crippen LogP contribution in [0.15, 0.2) is 30.6 Å². The first-order valence-corrected chi connectivity index (χ1v) is 11.6.